The van der Waals surface area contributed by atoms with Gasteiger partial charge in [0.1, 0.15) is -1.13 Å². The van der Waals surface area contributed by atoms with Gasteiger partial charge in [-0.2, -0.15) is 0 Å². The van der Waals surface area contributed by atoms with Gasteiger partial charge in [0.05, 0.1) is 1.59 Å². The summed E-state index contributed by atoms with van der Waals surface area (Å²) in [5.74, 6) is 0. The molecule has 0 aliphatic carbocycles. The van der Waals surface area contributed by atoms with Crippen molar-refractivity contribution in [3.8, 4) is 0 Å². The maximum absolute atomic E-state index is 2.47. The summed E-state index contributed by atoms with van der Waals surface area (Å²) in [6, 6.07) is 0. The molecule has 0 bridgehead atoms. The minimum atomic E-state index is 0.175. The number of halogens is 8. The fourth-order valence-electron chi connectivity index (χ4n) is 0.375. The molecule has 0 N–H and O–H groups in total. The Hall–Kier alpha value is 5.58. The van der Waals surface area contributed by atoms with Crippen LogP contribution in [0.1, 0.15) is 0 Å². The highest BCUT2D eigenvalue weighted by Crippen LogP contribution is 2.58. The number of rotatable bonds is 2. The summed E-state index contributed by atoms with van der Waals surface area (Å²) in [6.07, 6.45) is 0. The minimum absolute atomic E-state index is 0.175. The fourth-order valence-corrected chi connectivity index (χ4v) is 16.9. The molecule has 0 aromatic carbocycles. The van der Waals surface area contributed by atoms with Crippen molar-refractivity contribution in [2.24, 2.45) is 0 Å². The van der Waals surface area contributed by atoms with E-state index < -0.39 is 0 Å². The zero-order valence-electron chi connectivity index (χ0n) is 5.02. The van der Waals surface area contributed by atoms with Crippen molar-refractivity contribution < 1.29 is 0 Å². The summed E-state index contributed by atoms with van der Waals surface area (Å²) in [4.78, 5) is 0. The molecule has 0 amide bonds. The third-order valence-electron chi connectivity index (χ3n) is 0.756. The first kappa shape index (κ1) is 17.6. The normalized spacial score (nSPS) is 13.0. The van der Waals surface area contributed by atoms with Gasteiger partial charge in [-0.25, -0.2) is 0 Å². The van der Waals surface area contributed by atoms with Crippen LogP contribution in [0.15, 0.2) is 7.16 Å². The van der Waals surface area contributed by atoms with E-state index in [0.29, 0.717) is 0 Å². The van der Waals surface area contributed by atoms with Gasteiger partial charge in [0.2, 0.25) is 0 Å². The van der Waals surface area contributed by atoms with E-state index >= 15 is 0 Å². The Morgan fingerprint density at radius 3 is 0.917 bits per heavy atom. The SMILES string of the molecule is IC(I)=C(C(I)(I)I)C(I)(I)I. The molecule has 0 fully saturated rings. The fraction of sp³-hybridized carbons (Fsp3) is 0.500. The second-order valence-corrected chi connectivity index (χ2v) is 27.9. The quantitative estimate of drug-likeness (QED) is 0.207. The molecule has 0 aliphatic rings. The Morgan fingerprint density at radius 1 is 0.667 bits per heavy atom. The number of hydrogen-bond donors (Lipinski definition) is 0. The molecule has 0 atom stereocenters. The maximum atomic E-state index is 2.47. The zero-order valence-corrected chi connectivity index (χ0v) is 22.3. The molecule has 0 rings (SSSR count). The van der Waals surface area contributed by atoms with Gasteiger partial charge < -0.3 is 0 Å². The Labute approximate surface area is 181 Å². The lowest BCUT2D eigenvalue weighted by Gasteiger charge is -2.25. The first-order valence-corrected chi connectivity index (χ1v) is 10.9. The van der Waals surface area contributed by atoms with Crippen molar-refractivity contribution in [1.29, 1.82) is 0 Å². The van der Waals surface area contributed by atoms with Crippen LogP contribution in [0.2, 0.25) is 0 Å². The highest BCUT2D eigenvalue weighted by atomic mass is 127. The van der Waals surface area contributed by atoms with Crippen molar-refractivity contribution >= 4 is 181 Å². The molecule has 12 heavy (non-hydrogen) atoms. The van der Waals surface area contributed by atoms with E-state index in [2.05, 4.69) is 181 Å². The topological polar surface area (TPSA) is 0 Å². The number of allylic oxidation sites excluding steroid dienone is 1. The molecule has 0 spiro atoms. The van der Waals surface area contributed by atoms with Crippen molar-refractivity contribution in [2.45, 2.75) is -1.13 Å². The Bertz CT molecular complexity index is 172. The Kier molecular flexibility index (Phi) is 10.6. The number of alkyl halides is 6. The van der Waals surface area contributed by atoms with Gasteiger partial charge in [-0.3, -0.25) is 0 Å². The monoisotopic (exact) mass is 1060 g/mol. The molecular formula is C4I8. The summed E-state index contributed by atoms with van der Waals surface area (Å²) in [5.41, 5.74) is 1.47. The molecule has 0 nitrogen and oxygen atoms in total. The molecule has 0 aromatic heterocycles. The van der Waals surface area contributed by atoms with Gasteiger partial charge in [-0.05, 0) is 45.2 Å². The summed E-state index contributed by atoms with van der Waals surface area (Å²) < 4.78 is 1.71. The van der Waals surface area contributed by atoms with E-state index in [1.54, 1.807) is 0 Å². The van der Waals surface area contributed by atoms with E-state index in [1.165, 1.54) is 7.16 Å². The molecule has 0 radical (unpaired) electrons. The van der Waals surface area contributed by atoms with Crippen LogP contribution in [-0.2, 0) is 0 Å². The first-order chi connectivity index (χ1) is 5.07. The Balaban J connectivity index is 5.13. The number of hydrogen-bond acceptors (Lipinski definition) is 0. The van der Waals surface area contributed by atoms with Gasteiger partial charge in [-0.1, -0.05) is 136 Å². The second-order valence-electron chi connectivity index (χ2n) is 1.63. The molecule has 8 heteroatoms. The van der Waals surface area contributed by atoms with E-state index in [4.69, 9.17) is 0 Å². The highest BCUT2D eigenvalue weighted by Gasteiger charge is 2.38. The molecule has 0 saturated carbocycles. The third kappa shape index (κ3) is 7.11. The van der Waals surface area contributed by atoms with Crippen LogP contribution in [0.4, 0.5) is 0 Å². The predicted octanol–water partition coefficient (Wildman–Crippen LogP) is 6.99. The molecule has 0 saturated heterocycles. The van der Waals surface area contributed by atoms with Crippen LogP contribution >= 0.6 is 181 Å². The minimum Gasteiger partial charge on any atom is -0.0502 e. The van der Waals surface area contributed by atoms with E-state index in [0.717, 1.165) is 0 Å². The molecule has 0 aliphatic heterocycles. The lowest BCUT2D eigenvalue weighted by molar-refractivity contribution is 1.41. The van der Waals surface area contributed by atoms with Gasteiger partial charge in [0.15, 0.2) is 0 Å². The van der Waals surface area contributed by atoms with Crippen molar-refractivity contribution in [1.82, 2.24) is 0 Å². The van der Waals surface area contributed by atoms with Crippen LogP contribution in [-0.4, -0.2) is -1.13 Å². The second kappa shape index (κ2) is 7.24. The average molecular weight is 1060 g/mol. The molecule has 0 aromatic rings. The lowest BCUT2D eigenvalue weighted by Crippen LogP contribution is -2.17. The predicted molar refractivity (Wildman–Crippen MR) is 125 cm³/mol. The van der Waals surface area contributed by atoms with Gasteiger partial charge >= 0.3 is 0 Å². The van der Waals surface area contributed by atoms with Crippen LogP contribution in [0.5, 0.6) is 0 Å². The first-order valence-electron chi connectivity index (χ1n) is 2.26. The van der Waals surface area contributed by atoms with Crippen LogP contribution in [0, 0.1) is 0 Å². The summed E-state index contributed by atoms with van der Waals surface area (Å²) >= 11 is 19.6. The standard InChI is InChI=1S/C4I8/c5-2(6)1(3(7,8)9)4(10,11)12. The average Bonchev–Trinajstić information content (AvgIpc) is 1.49. The lowest BCUT2D eigenvalue weighted by atomic mass is 10.4. The highest BCUT2D eigenvalue weighted by molar-refractivity contribution is 14.3. The van der Waals surface area contributed by atoms with Crippen molar-refractivity contribution in [2.75, 3.05) is 0 Å². The smallest absolute Gasteiger partial charge is 0.0502 e. The van der Waals surface area contributed by atoms with Gasteiger partial charge in [0, 0.05) is 5.57 Å². The molecular weight excluding hydrogens is 1060 g/mol. The van der Waals surface area contributed by atoms with Crippen LogP contribution < -0.4 is 0 Å². The van der Waals surface area contributed by atoms with E-state index in [1.807, 2.05) is 0 Å². The zero-order chi connectivity index (χ0) is 10.2. The Morgan fingerprint density at radius 2 is 0.917 bits per heavy atom. The van der Waals surface area contributed by atoms with Gasteiger partial charge in [-0.15, -0.1) is 0 Å². The molecule has 72 valence electrons. The summed E-state index contributed by atoms with van der Waals surface area (Å²) in [7, 11) is 0. The van der Waals surface area contributed by atoms with Crippen LogP contribution in [0.3, 0.4) is 0 Å². The summed E-state index contributed by atoms with van der Waals surface area (Å²) in [5, 5.41) is 0. The maximum Gasteiger partial charge on any atom is 0.149 e. The largest absolute Gasteiger partial charge is 0.149 e. The van der Waals surface area contributed by atoms with E-state index in [-0.39, 0.29) is -1.13 Å². The van der Waals surface area contributed by atoms with Crippen LogP contribution in [0.25, 0.3) is 0 Å². The molecule has 0 unspecified atom stereocenters. The molecule has 0 heterocycles. The third-order valence-corrected chi connectivity index (χ3v) is 5.07. The van der Waals surface area contributed by atoms with E-state index in [9.17, 15) is 0 Å². The van der Waals surface area contributed by atoms with Crippen molar-refractivity contribution in [3.63, 3.8) is 0 Å². The summed E-state index contributed by atoms with van der Waals surface area (Å²) in [6.45, 7) is 0. The van der Waals surface area contributed by atoms with Gasteiger partial charge in [0.25, 0.3) is 0 Å². The van der Waals surface area contributed by atoms with Crippen molar-refractivity contribution in [3.05, 3.63) is 7.16 Å².